The Bertz CT molecular complexity index is 1140. The van der Waals surface area contributed by atoms with Crippen molar-refractivity contribution in [2.75, 3.05) is 7.11 Å². The van der Waals surface area contributed by atoms with E-state index in [0.717, 1.165) is 5.56 Å². The third-order valence-electron chi connectivity index (χ3n) is 4.46. The van der Waals surface area contributed by atoms with E-state index in [-0.39, 0.29) is 17.3 Å². The van der Waals surface area contributed by atoms with E-state index in [1.807, 2.05) is 6.07 Å². The number of aromatic nitrogens is 1. The van der Waals surface area contributed by atoms with E-state index in [1.54, 1.807) is 61.8 Å². The third kappa shape index (κ3) is 3.60. The minimum atomic E-state index is -0.558. The van der Waals surface area contributed by atoms with Crippen LogP contribution in [0.5, 0.6) is 17.2 Å². The Morgan fingerprint density at radius 2 is 1.97 bits per heavy atom. The van der Waals surface area contributed by atoms with Crippen LogP contribution in [0.25, 0.3) is 6.08 Å². The smallest absolute Gasteiger partial charge is 0.347 e. The van der Waals surface area contributed by atoms with Crippen molar-refractivity contribution in [3.05, 3.63) is 88.9 Å². The molecule has 0 saturated carbocycles. The fourth-order valence-electron chi connectivity index (χ4n) is 3.12. The number of para-hydroxylation sites is 1. The van der Waals surface area contributed by atoms with Crippen molar-refractivity contribution in [3.8, 4) is 17.2 Å². The predicted octanol–water partition coefficient (Wildman–Crippen LogP) is 4.23. The Labute approximate surface area is 167 Å². The minimum Gasteiger partial charge on any atom is -0.496 e. The summed E-state index contributed by atoms with van der Waals surface area (Å²) in [5, 5.41) is 0. The highest BCUT2D eigenvalue weighted by Gasteiger charge is 2.30. The quantitative estimate of drug-likeness (QED) is 0.379. The Kier molecular flexibility index (Phi) is 4.83. The van der Waals surface area contributed by atoms with Crippen LogP contribution in [-0.4, -0.2) is 23.8 Å². The average Bonchev–Trinajstić information content (AvgIpc) is 3.04. The van der Waals surface area contributed by atoms with E-state index in [9.17, 15) is 9.59 Å². The summed E-state index contributed by atoms with van der Waals surface area (Å²) in [4.78, 5) is 29.3. The van der Waals surface area contributed by atoms with Crippen molar-refractivity contribution in [3.63, 3.8) is 0 Å². The van der Waals surface area contributed by atoms with Crippen LogP contribution in [0.2, 0.25) is 0 Å². The van der Waals surface area contributed by atoms with Gasteiger partial charge in [-0.3, -0.25) is 9.78 Å². The summed E-state index contributed by atoms with van der Waals surface area (Å²) >= 11 is 0. The maximum absolute atomic E-state index is 12.7. The largest absolute Gasteiger partial charge is 0.496 e. The van der Waals surface area contributed by atoms with Gasteiger partial charge in [-0.05, 0) is 48.4 Å². The SMILES string of the molecule is COc1ccccc1C(=O)Oc1cc(C)c2c(c1)O/C(=C\c1cccnc1)C2=O. The Hall–Kier alpha value is -3.93. The maximum Gasteiger partial charge on any atom is 0.347 e. The zero-order chi connectivity index (χ0) is 20.4. The first-order valence-corrected chi connectivity index (χ1v) is 8.91. The van der Waals surface area contributed by atoms with E-state index >= 15 is 0 Å². The molecule has 1 aromatic heterocycles. The number of methoxy groups -OCH3 is 1. The molecule has 0 N–H and O–H groups in total. The molecule has 0 aliphatic carbocycles. The molecule has 0 radical (unpaired) electrons. The highest BCUT2D eigenvalue weighted by molar-refractivity contribution is 6.15. The second kappa shape index (κ2) is 7.59. The Morgan fingerprint density at radius 3 is 2.72 bits per heavy atom. The molecule has 4 rings (SSSR count). The molecule has 0 saturated heterocycles. The topological polar surface area (TPSA) is 74.7 Å². The summed E-state index contributed by atoms with van der Waals surface area (Å²) in [6.45, 7) is 1.77. The molecule has 6 heteroatoms. The molecular formula is C23H17NO5. The van der Waals surface area contributed by atoms with Crippen LogP contribution in [0.4, 0.5) is 0 Å². The zero-order valence-electron chi connectivity index (χ0n) is 15.8. The van der Waals surface area contributed by atoms with E-state index in [0.29, 0.717) is 28.2 Å². The number of hydrogen-bond donors (Lipinski definition) is 0. The lowest BCUT2D eigenvalue weighted by molar-refractivity contribution is 0.0731. The molecule has 2 aromatic carbocycles. The monoisotopic (exact) mass is 387 g/mol. The predicted molar refractivity (Wildman–Crippen MR) is 106 cm³/mol. The molecule has 0 bridgehead atoms. The molecular weight excluding hydrogens is 370 g/mol. The third-order valence-corrected chi connectivity index (χ3v) is 4.46. The van der Waals surface area contributed by atoms with Gasteiger partial charge in [0.05, 0.1) is 12.7 Å². The molecule has 1 aliphatic rings. The van der Waals surface area contributed by atoms with E-state index in [4.69, 9.17) is 14.2 Å². The fraction of sp³-hybridized carbons (Fsp3) is 0.0870. The first kappa shape index (κ1) is 18.4. The van der Waals surface area contributed by atoms with Crippen LogP contribution >= 0.6 is 0 Å². The van der Waals surface area contributed by atoms with Crippen LogP contribution in [0.1, 0.15) is 31.8 Å². The van der Waals surface area contributed by atoms with E-state index in [2.05, 4.69) is 4.98 Å². The number of carbonyl (C=O) groups is 2. The van der Waals surface area contributed by atoms with Crippen molar-refractivity contribution < 1.29 is 23.8 Å². The number of benzene rings is 2. The molecule has 0 unspecified atom stereocenters. The van der Waals surface area contributed by atoms with E-state index < -0.39 is 5.97 Å². The number of fused-ring (bicyclic) bond motifs is 1. The molecule has 0 fully saturated rings. The van der Waals surface area contributed by atoms with Gasteiger partial charge in [0.1, 0.15) is 22.8 Å². The first-order valence-electron chi connectivity index (χ1n) is 8.91. The van der Waals surface area contributed by atoms with Crippen LogP contribution in [0.15, 0.2) is 66.7 Å². The fourth-order valence-corrected chi connectivity index (χ4v) is 3.12. The minimum absolute atomic E-state index is 0.198. The summed E-state index contributed by atoms with van der Waals surface area (Å²) in [7, 11) is 1.49. The van der Waals surface area contributed by atoms with Gasteiger partial charge in [-0.25, -0.2) is 4.79 Å². The van der Waals surface area contributed by atoms with Gasteiger partial charge in [-0.2, -0.15) is 0 Å². The molecule has 3 aromatic rings. The van der Waals surface area contributed by atoms with Gasteiger partial charge in [0, 0.05) is 18.5 Å². The van der Waals surface area contributed by atoms with E-state index in [1.165, 1.54) is 13.2 Å². The number of Topliss-reactive ketones (excluding diaryl/α,β-unsaturated/α-hetero) is 1. The Balaban J connectivity index is 1.62. The maximum atomic E-state index is 12.7. The van der Waals surface area contributed by atoms with Gasteiger partial charge in [0.25, 0.3) is 0 Å². The standard InChI is InChI=1S/C23H17NO5/c1-14-10-16(28-23(26)17-7-3-4-8-18(17)27-2)12-19-21(14)22(25)20(29-19)11-15-6-5-9-24-13-15/h3-13H,1-2H3/b20-11-. The van der Waals surface area contributed by atoms with Crippen molar-refractivity contribution >= 4 is 17.8 Å². The molecule has 6 nitrogen and oxygen atoms in total. The normalized spacial score (nSPS) is 13.7. The lowest BCUT2D eigenvalue weighted by Gasteiger charge is -2.10. The number of aryl methyl sites for hydroxylation is 1. The second-order valence-corrected chi connectivity index (χ2v) is 6.43. The number of allylic oxidation sites excluding steroid dienone is 1. The van der Waals surface area contributed by atoms with Crippen LogP contribution < -0.4 is 14.2 Å². The molecule has 2 heterocycles. The summed E-state index contributed by atoms with van der Waals surface area (Å²) in [5.41, 5.74) is 2.17. The van der Waals surface area contributed by atoms with Gasteiger partial charge in [0.2, 0.25) is 5.78 Å². The van der Waals surface area contributed by atoms with Crippen LogP contribution in [0.3, 0.4) is 0 Å². The highest BCUT2D eigenvalue weighted by atomic mass is 16.5. The number of rotatable bonds is 4. The van der Waals surface area contributed by atoms with Crippen LogP contribution in [-0.2, 0) is 0 Å². The summed E-state index contributed by atoms with van der Waals surface area (Å²) < 4.78 is 16.4. The molecule has 144 valence electrons. The van der Waals surface area contributed by atoms with Gasteiger partial charge in [0.15, 0.2) is 5.76 Å². The molecule has 0 spiro atoms. The second-order valence-electron chi connectivity index (χ2n) is 6.43. The zero-order valence-corrected chi connectivity index (χ0v) is 15.8. The summed E-state index contributed by atoms with van der Waals surface area (Å²) in [5.74, 6) is 0.481. The summed E-state index contributed by atoms with van der Waals surface area (Å²) in [6, 6.07) is 13.6. The number of esters is 1. The number of nitrogens with zero attached hydrogens (tertiary/aromatic N) is 1. The molecule has 1 aliphatic heterocycles. The van der Waals surface area contributed by atoms with Crippen molar-refractivity contribution in [2.45, 2.75) is 6.92 Å². The van der Waals surface area contributed by atoms with Crippen molar-refractivity contribution in [1.82, 2.24) is 4.98 Å². The number of ether oxygens (including phenoxy) is 3. The first-order chi connectivity index (χ1) is 14.1. The van der Waals surface area contributed by atoms with Gasteiger partial charge >= 0.3 is 5.97 Å². The number of pyridine rings is 1. The highest BCUT2D eigenvalue weighted by Crippen LogP contribution is 2.37. The number of hydrogen-bond acceptors (Lipinski definition) is 6. The molecule has 0 atom stereocenters. The summed E-state index contributed by atoms with van der Waals surface area (Å²) in [6.07, 6.45) is 4.93. The van der Waals surface area contributed by atoms with Gasteiger partial charge in [-0.1, -0.05) is 18.2 Å². The Morgan fingerprint density at radius 1 is 1.14 bits per heavy atom. The van der Waals surface area contributed by atoms with Crippen LogP contribution in [0, 0.1) is 6.92 Å². The van der Waals surface area contributed by atoms with Gasteiger partial charge < -0.3 is 14.2 Å². The van der Waals surface area contributed by atoms with Crippen molar-refractivity contribution in [2.24, 2.45) is 0 Å². The van der Waals surface area contributed by atoms with Gasteiger partial charge in [-0.15, -0.1) is 0 Å². The average molecular weight is 387 g/mol. The number of ketones is 1. The van der Waals surface area contributed by atoms with Crippen molar-refractivity contribution in [1.29, 1.82) is 0 Å². The lowest BCUT2D eigenvalue weighted by Crippen LogP contribution is -2.10. The molecule has 0 amide bonds. The molecule has 29 heavy (non-hydrogen) atoms. The lowest BCUT2D eigenvalue weighted by atomic mass is 10.0. The number of carbonyl (C=O) groups excluding carboxylic acids is 2.